The second-order valence-electron chi connectivity index (χ2n) is 7.96. The number of hydrogen-bond donors (Lipinski definition) is 2. The first-order valence-corrected chi connectivity index (χ1v) is 11.4. The zero-order valence-electron chi connectivity index (χ0n) is 16.9. The molecule has 0 bridgehead atoms. The third kappa shape index (κ3) is 3.77. The van der Waals surface area contributed by atoms with Gasteiger partial charge >= 0.3 is 0 Å². The van der Waals surface area contributed by atoms with Crippen molar-refractivity contribution in [3.63, 3.8) is 0 Å². The van der Waals surface area contributed by atoms with Crippen molar-refractivity contribution in [2.24, 2.45) is 5.92 Å². The molecule has 0 radical (unpaired) electrons. The van der Waals surface area contributed by atoms with E-state index in [0.29, 0.717) is 24.7 Å². The fourth-order valence-corrected chi connectivity index (χ4v) is 5.27. The predicted octanol–water partition coefficient (Wildman–Crippen LogP) is 1.74. The summed E-state index contributed by atoms with van der Waals surface area (Å²) < 4.78 is 22.8. The van der Waals surface area contributed by atoms with Gasteiger partial charge in [0.1, 0.15) is 17.8 Å². The molecule has 4 heterocycles. The summed E-state index contributed by atoms with van der Waals surface area (Å²) in [6.07, 6.45) is 5.49. The van der Waals surface area contributed by atoms with Crippen molar-refractivity contribution in [3.05, 3.63) is 42.9 Å². The van der Waals surface area contributed by atoms with E-state index in [1.54, 1.807) is 24.5 Å². The van der Waals surface area contributed by atoms with Gasteiger partial charge in [0.15, 0.2) is 0 Å². The molecule has 2 aliphatic rings. The maximum absolute atomic E-state index is 12.9. The number of piperidine rings is 1. The quantitative estimate of drug-likeness (QED) is 0.582. The van der Waals surface area contributed by atoms with Crippen molar-refractivity contribution in [2.45, 2.75) is 23.8 Å². The Bertz CT molecular complexity index is 1140. The summed E-state index contributed by atoms with van der Waals surface area (Å²) >= 11 is -2.36. The van der Waals surface area contributed by atoms with E-state index in [1.165, 1.54) is 6.07 Å². The van der Waals surface area contributed by atoms with Gasteiger partial charge in [0.25, 0.3) is 0 Å². The zero-order valence-corrected chi connectivity index (χ0v) is 17.7. The number of aromatic amines is 1. The molecule has 1 aromatic carbocycles. The molecular weight excluding hydrogens is 416 g/mol. The van der Waals surface area contributed by atoms with Crippen LogP contribution < -0.4 is 10.2 Å². The number of nitrogens with zero attached hydrogens (tertiary/aromatic N) is 4. The van der Waals surface area contributed by atoms with Crippen molar-refractivity contribution >= 4 is 39.5 Å². The lowest BCUT2D eigenvalue weighted by atomic mass is 9.92. The molecule has 3 unspecified atom stereocenters. The number of para-hydroxylation sites is 1. The molecule has 162 valence electrons. The summed E-state index contributed by atoms with van der Waals surface area (Å²) in [5.41, 5.74) is 1.26. The molecule has 3 aromatic rings. The van der Waals surface area contributed by atoms with Crippen LogP contribution in [0, 0.1) is 5.92 Å². The molecule has 9 nitrogen and oxygen atoms in total. The second kappa shape index (κ2) is 8.27. The van der Waals surface area contributed by atoms with Crippen molar-refractivity contribution in [3.8, 4) is 0 Å². The van der Waals surface area contributed by atoms with Crippen molar-refractivity contribution in [1.82, 2.24) is 19.9 Å². The minimum atomic E-state index is -2.36. The fourth-order valence-electron chi connectivity index (χ4n) is 4.76. The van der Waals surface area contributed by atoms with E-state index in [0.717, 1.165) is 36.2 Å². The molecule has 10 heteroatoms. The molecule has 3 atom stereocenters. The fraction of sp³-hybridized carbons (Fsp3) is 0.381. The van der Waals surface area contributed by atoms with Gasteiger partial charge in [-0.25, -0.2) is 9.97 Å². The van der Waals surface area contributed by atoms with Crippen LogP contribution in [0.15, 0.2) is 47.8 Å². The molecule has 2 fully saturated rings. The highest BCUT2D eigenvalue weighted by molar-refractivity contribution is 7.79. The number of aromatic nitrogens is 3. The first kappa shape index (κ1) is 20.0. The lowest BCUT2D eigenvalue weighted by Crippen LogP contribution is -2.51. The standard InChI is InChI=1S/C21H24N6O3S/c28-19(11-23-16-3-1-2-4-18(16)31(29)30)26-9-6-14-7-10-27(17(14)12-26)21-15-5-8-22-20(15)24-13-25-21/h1-5,8,13-14,17,23H,6-7,9-12H2,(H,29,30)(H,22,24,25)/p-1. The minimum absolute atomic E-state index is 0.0359. The number of amides is 1. The molecular formula is C21H23N6O3S-. The predicted molar refractivity (Wildman–Crippen MR) is 116 cm³/mol. The van der Waals surface area contributed by atoms with Crippen LogP contribution in [0.25, 0.3) is 11.0 Å². The molecule has 2 saturated heterocycles. The summed E-state index contributed by atoms with van der Waals surface area (Å²) in [6.45, 7) is 2.32. The molecule has 0 saturated carbocycles. The monoisotopic (exact) mass is 439 g/mol. The van der Waals surface area contributed by atoms with Gasteiger partial charge in [-0.1, -0.05) is 12.1 Å². The Kier molecular flexibility index (Phi) is 5.33. The minimum Gasteiger partial charge on any atom is -0.768 e. The highest BCUT2D eigenvalue weighted by Crippen LogP contribution is 2.36. The largest absolute Gasteiger partial charge is 0.768 e. The van der Waals surface area contributed by atoms with E-state index in [9.17, 15) is 13.6 Å². The number of anilines is 2. The van der Waals surface area contributed by atoms with Gasteiger partial charge in [-0.05, 0) is 48.0 Å². The van der Waals surface area contributed by atoms with Crippen LogP contribution in [0.1, 0.15) is 12.8 Å². The number of fused-ring (bicyclic) bond motifs is 2. The number of rotatable bonds is 5. The topological polar surface area (TPSA) is 117 Å². The lowest BCUT2D eigenvalue weighted by Gasteiger charge is -2.39. The Labute approximate surface area is 182 Å². The van der Waals surface area contributed by atoms with Crippen molar-refractivity contribution < 1.29 is 13.6 Å². The summed E-state index contributed by atoms with van der Waals surface area (Å²) in [6, 6.07) is 8.79. The maximum atomic E-state index is 12.9. The Balaban J connectivity index is 1.29. The summed E-state index contributed by atoms with van der Waals surface area (Å²) in [5, 5.41) is 3.99. The normalized spacial score (nSPS) is 21.8. The summed E-state index contributed by atoms with van der Waals surface area (Å²) in [4.78, 5) is 29.2. The lowest BCUT2D eigenvalue weighted by molar-refractivity contribution is -0.130. The number of nitrogens with one attached hydrogen (secondary N) is 2. The van der Waals surface area contributed by atoms with Gasteiger partial charge in [0.2, 0.25) is 5.91 Å². The average Bonchev–Trinajstić information content (AvgIpc) is 3.44. The molecule has 0 spiro atoms. The molecule has 2 N–H and O–H groups in total. The second-order valence-corrected chi connectivity index (χ2v) is 8.87. The van der Waals surface area contributed by atoms with Gasteiger partial charge in [-0.15, -0.1) is 0 Å². The third-order valence-corrected chi connectivity index (χ3v) is 7.03. The van der Waals surface area contributed by atoms with Gasteiger partial charge in [-0.3, -0.25) is 9.00 Å². The Morgan fingerprint density at radius 3 is 2.94 bits per heavy atom. The molecule has 2 aromatic heterocycles. The molecule has 1 amide bonds. The van der Waals surface area contributed by atoms with Gasteiger partial charge < -0.3 is 24.7 Å². The Morgan fingerprint density at radius 2 is 2.06 bits per heavy atom. The SMILES string of the molecule is O=C(CNc1ccccc1S(=O)[O-])N1CCC2CCN(c3ncnc4[nH]ccc34)C2C1. The van der Waals surface area contributed by atoms with Crippen molar-refractivity contribution in [1.29, 1.82) is 0 Å². The van der Waals surface area contributed by atoms with Gasteiger partial charge in [0.05, 0.1) is 18.0 Å². The van der Waals surface area contributed by atoms with E-state index in [-0.39, 0.29) is 23.4 Å². The first-order chi connectivity index (χ1) is 15.1. The summed E-state index contributed by atoms with van der Waals surface area (Å²) in [5.74, 6) is 1.41. The Morgan fingerprint density at radius 1 is 1.23 bits per heavy atom. The van der Waals surface area contributed by atoms with Crippen LogP contribution in [-0.4, -0.2) is 66.7 Å². The molecule has 5 rings (SSSR count). The van der Waals surface area contributed by atoms with E-state index in [4.69, 9.17) is 0 Å². The van der Waals surface area contributed by atoms with Gasteiger partial charge in [-0.2, -0.15) is 0 Å². The van der Waals surface area contributed by atoms with E-state index in [2.05, 4.69) is 25.2 Å². The van der Waals surface area contributed by atoms with Crippen LogP contribution in [0.4, 0.5) is 11.5 Å². The third-order valence-electron chi connectivity index (χ3n) is 6.32. The zero-order chi connectivity index (χ0) is 21.4. The molecule has 31 heavy (non-hydrogen) atoms. The summed E-state index contributed by atoms with van der Waals surface area (Å²) in [7, 11) is 0. The van der Waals surface area contributed by atoms with E-state index < -0.39 is 11.1 Å². The highest BCUT2D eigenvalue weighted by atomic mass is 32.2. The number of hydrogen-bond acceptors (Lipinski definition) is 7. The highest BCUT2D eigenvalue weighted by Gasteiger charge is 2.40. The first-order valence-electron chi connectivity index (χ1n) is 10.4. The number of H-pyrrole nitrogens is 1. The van der Waals surface area contributed by atoms with Crippen LogP contribution in [0.3, 0.4) is 0 Å². The van der Waals surface area contributed by atoms with E-state index >= 15 is 0 Å². The smallest absolute Gasteiger partial charge is 0.241 e. The average molecular weight is 440 g/mol. The van der Waals surface area contributed by atoms with E-state index in [1.807, 2.05) is 17.2 Å². The molecule has 0 aliphatic carbocycles. The molecule has 2 aliphatic heterocycles. The van der Waals surface area contributed by atoms with Gasteiger partial charge in [0, 0.05) is 36.4 Å². The van der Waals surface area contributed by atoms with Crippen LogP contribution in [-0.2, 0) is 15.9 Å². The van der Waals surface area contributed by atoms with Crippen LogP contribution in [0.2, 0.25) is 0 Å². The number of carbonyl (C=O) groups is 1. The van der Waals surface area contributed by atoms with Crippen LogP contribution in [0.5, 0.6) is 0 Å². The number of likely N-dealkylation sites (tertiary alicyclic amines) is 1. The Hall–Kier alpha value is -2.98. The van der Waals surface area contributed by atoms with Crippen molar-refractivity contribution in [2.75, 3.05) is 36.4 Å². The van der Waals surface area contributed by atoms with Crippen LogP contribution >= 0.6 is 0 Å². The maximum Gasteiger partial charge on any atom is 0.241 e. The number of carbonyl (C=O) groups excluding carboxylic acids is 1. The number of benzene rings is 1.